The minimum atomic E-state index is -0.815. The van der Waals surface area contributed by atoms with Gasteiger partial charge in [-0.05, 0) is 222 Å². The van der Waals surface area contributed by atoms with Crippen LogP contribution in [-0.2, 0) is 24.0 Å². The minimum Gasteiger partial charge on any atom is -0.336 e. The average molecular weight is 1900 g/mol. The Morgan fingerprint density at radius 3 is 0.970 bits per heavy atom. The highest BCUT2D eigenvalue weighted by Gasteiger charge is 2.55. The van der Waals surface area contributed by atoms with Gasteiger partial charge in [-0.3, -0.25) is 77.8 Å². The Balaban J connectivity index is 0.000000126. The first-order chi connectivity index (χ1) is 63.6. The van der Waals surface area contributed by atoms with E-state index in [9.17, 15) is 67.1 Å². The molecule has 2 saturated carbocycles. The largest absolute Gasteiger partial charge is 0.336 e. The third-order valence-electron chi connectivity index (χ3n) is 23.0. The number of anilines is 10. The summed E-state index contributed by atoms with van der Waals surface area (Å²) in [6.07, 6.45) is 19.3. The molecule has 5 aromatic carbocycles. The number of carbonyl (C=O) groups is 14. The molecule has 674 valence electrons. The van der Waals surface area contributed by atoms with Crippen LogP contribution in [0.4, 0.5) is 76.1 Å². The van der Waals surface area contributed by atoms with E-state index in [1.807, 2.05) is 4.90 Å². The van der Waals surface area contributed by atoms with Crippen LogP contribution >= 0.6 is 70.2 Å². The van der Waals surface area contributed by atoms with Crippen LogP contribution in [0.2, 0.25) is 25.1 Å². The van der Waals surface area contributed by atoms with E-state index in [0.29, 0.717) is 106 Å². The number of carbonyl (C=O) groups excluding carboxylic acids is 14. The van der Waals surface area contributed by atoms with Crippen LogP contribution < -0.4 is 61.7 Å². The van der Waals surface area contributed by atoms with E-state index in [4.69, 9.17) is 70.2 Å². The lowest BCUT2D eigenvalue weighted by atomic mass is 9.82. The van der Waals surface area contributed by atoms with Crippen molar-refractivity contribution in [1.82, 2.24) is 50.3 Å². The van der Waals surface area contributed by atoms with E-state index >= 15 is 0 Å². The van der Waals surface area contributed by atoms with Gasteiger partial charge in [0.1, 0.15) is 58.2 Å². The molecule has 40 heteroatoms. The SMILES string of the molecule is CN1CC(=O)N(c2ccc(NC(=O)c3ccccn3)cc2Cl)C1=O.O=C(Nc1ccc(N2C(=O)C3CCCCN3C2=S)c(Cl)c1)c1ccccn1.O=C(Nc1ccc(N2C(=O)C3CCCN3C2=O)c(Cl)c1)c1ccccn1.O=C(Nc1ccc(N2C(=O)NC3(CCCC3)C2=O)c(Cl)c1)c1ccccn1.O=C(Nc1ccc(N2C(=O)NC3(CCCCC3)C2=O)c(Cl)c1)c1ccccn1. The summed E-state index contributed by atoms with van der Waals surface area (Å²) in [7, 11) is 1.54. The fourth-order valence-electron chi connectivity index (χ4n) is 16.5. The minimum absolute atomic E-state index is 0.00727. The number of aromatic nitrogens is 5. The molecule has 19 rings (SSSR count). The highest BCUT2D eigenvalue weighted by atomic mass is 35.5. The summed E-state index contributed by atoms with van der Waals surface area (Å²) in [5.74, 6) is -3.00. The Kier molecular flexibility index (Phi) is 28.3. The van der Waals surface area contributed by atoms with Crippen LogP contribution in [0.15, 0.2) is 213 Å². The summed E-state index contributed by atoms with van der Waals surface area (Å²) in [5, 5.41) is 20.9. The summed E-state index contributed by atoms with van der Waals surface area (Å²) in [6.45, 7) is 1.39. The van der Waals surface area contributed by atoms with Gasteiger partial charge in [-0.2, -0.15) is 0 Å². The number of hydrogen-bond acceptors (Lipinski definition) is 20. The maximum atomic E-state index is 13.0. The first kappa shape index (κ1) is 92.5. The van der Waals surface area contributed by atoms with Gasteiger partial charge in [-0.1, -0.05) is 120 Å². The van der Waals surface area contributed by atoms with Crippen molar-refractivity contribution in [3.8, 4) is 0 Å². The number of fused-ring (bicyclic) bond motifs is 2. The molecule has 5 aromatic heterocycles. The second kappa shape index (κ2) is 40.4. The van der Waals surface area contributed by atoms with Crippen molar-refractivity contribution >= 4 is 215 Å². The van der Waals surface area contributed by atoms with Crippen LogP contribution in [-0.4, -0.2) is 178 Å². The summed E-state index contributed by atoms with van der Waals surface area (Å²) in [6, 6.07) is 46.6. The first-order valence-corrected chi connectivity index (χ1v) is 44.2. The van der Waals surface area contributed by atoms with Gasteiger partial charge in [0, 0.05) is 79.6 Å². The van der Waals surface area contributed by atoms with E-state index in [0.717, 1.165) is 83.9 Å². The Morgan fingerprint density at radius 2 is 0.659 bits per heavy atom. The van der Waals surface area contributed by atoms with Gasteiger partial charge in [-0.25, -0.2) is 38.8 Å². The van der Waals surface area contributed by atoms with Crippen LogP contribution in [0.1, 0.15) is 142 Å². The van der Waals surface area contributed by atoms with Crippen LogP contribution in [0.5, 0.6) is 0 Å². The summed E-state index contributed by atoms with van der Waals surface area (Å²) >= 11 is 37.1. The molecule has 18 amide bonds. The highest BCUT2D eigenvalue weighted by Crippen LogP contribution is 2.44. The molecule has 2 unspecified atom stereocenters. The molecule has 10 aromatic rings. The number of nitrogens with one attached hydrogen (secondary N) is 7. The number of likely N-dealkylation sites (N-methyl/N-ethyl adjacent to an activating group) is 1. The standard InChI is InChI=1S/C20H19ClN4O3.C19H17ClN4O3.C19H17ClN4O2S.C18H15ClN4O3.C16H13ClN4O3/c21-14-12-13(23-17(26)15-6-2-5-11-22-15)7-8-16(14)25-18(27)20(24-19(25)28)9-3-1-4-10-20;20-13-11-12(22-16(25)14-5-1-4-10-21-14)6-7-15(13)24-17(26)19(23-18(24)27)8-2-3-9-19;20-13-11-12(22-17(25)14-5-1-3-9-21-14)7-8-15(13)24-18(26)16-6-2-4-10-23(16)19(24)27;19-12-10-11(21-16(24)13-4-1-2-8-20-13)6-7-14(12)23-17(25)15-5-3-9-22(15)18(23)26;1-20-9-14(22)21(16(20)24)13-6-5-10(8-11(13)17)19-15(23)12-4-2-3-7-18-12/h2,5-8,11-12H,1,3-4,9-10H2,(H,23,26)(H,24,28);1,4-7,10-11H,2-3,8-9H2,(H,22,25)(H,23,27);1,3,5,7-9,11,16H,2,4,6,10H2,(H,22,25);1-2,4,6-8,10,15H,3,5,9H2,(H,21,24);2-8H,9H2,1H3,(H,19,23). The third kappa shape index (κ3) is 19.9. The third-order valence-corrected chi connectivity index (χ3v) is 24.9. The number of pyridine rings is 5. The summed E-state index contributed by atoms with van der Waals surface area (Å²) < 4.78 is 0. The predicted molar refractivity (Wildman–Crippen MR) is 500 cm³/mol. The molecule has 7 aliphatic heterocycles. The van der Waals surface area contributed by atoms with Crippen molar-refractivity contribution < 1.29 is 67.1 Å². The molecule has 2 aliphatic carbocycles. The van der Waals surface area contributed by atoms with Gasteiger partial charge in [0.2, 0.25) is 0 Å². The number of benzene rings is 5. The molecule has 34 nitrogen and oxygen atoms in total. The van der Waals surface area contributed by atoms with E-state index in [2.05, 4.69) is 62.1 Å². The molecule has 0 radical (unpaired) electrons. The van der Waals surface area contributed by atoms with Crippen molar-refractivity contribution in [3.63, 3.8) is 0 Å². The normalized spacial score (nSPS) is 17.8. The molecule has 2 spiro atoms. The maximum Gasteiger partial charge on any atom is 0.332 e. The van der Waals surface area contributed by atoms with Crippen LogP contribution in [0, 0.1) is 0 Å². The van der Waals surface area contributed by atoms with Crippen molar-refractivity contribution in [2.45, 2.75) is 113 Å². The molecule has 0 bridgehead atoms. The molecular formula is C92H81Cl5N20O14S. The zero-order valence-electron chi connectivity index (χ0n) is 70.2. The number of amides is 18. The average Bonchev–Trinajstić information content (AvgIpc) is 1.59. The Bertz CT molecular complexity index is 6110. The number of hydrogen-bond donors (Lipinski definition) is 7. The zero-order chi connectivity index (χ0) is 93.2. The number of rotatable bonds is 15. The second-order valence-electron chi connectivity index (χ2n) is 31.6. The van der Waals surface area contributed by atoms with Crippen LogP contribution in [0.3, 0.4) is 0 Å². The van der Waals surface area contributed by atoms with Crippen LogP contribution in [0.25, 0.3) is 0 Å². The highest BCUT2D eigenvalue weighted by molar-refractivity contribution is 7.80. The van der Waals surface area contributed by atoms with E-state index < -0.39 is 29.2 Å². The lowest BCUT2D eigenvalue weighted by molar-refractivity contribution is -0.123. The van der Waals surface area contributed by atoms with Gasteiger partial charge in [-0.15, -0.1) is 0 Å². The topological polar surface area (TPSA) is 414 Å². The van der Waals surface area contributed by atoms with E-state index in [-0.39, 0.29) is 132 Å². The first-order valence-electron chi connectivity index (χ1n) is 41.9. The Hall–Kier alpha value is -14.2. The lowest BCUT2D eigenvalue weighted by Crippen LogP contribution is -2.48. The Morgan fingerprint density at radius 1 is 0.356 bits per heavy atom. The number of piperidine rings is 1. The molecule has 12 heterocycles. The van der Waals surface area contributed by atoms with Crippen molar-refractivity contribution in [2.24, 2.45) is 0 Å². The van der Waals surface area contributed by atoms with E-state index in [1.54, 1.807) is 163 Å². The fourth-order valence-corrected chi connectivity index (χ4v) is 18.2. The van der Waals surface area contributed by atoms with Crippen molar-refractivity contribution in [1.29, 1.82) is 0 Å². The molecule has 2 atom stereocenters. The number of imide groups is 4. The second-order valence-corrected chi connectivity index (χ2v) is 34.0. The van der Waals surface area contributed by atoms with Gasteiger partial charge >= 0.3 is 24.1 Å². The smallest absolute Gasteiger partial charge is 0.332 e. The van der Waals surface area contributed by atoms with Gasteiger partial charge in [0.15, 0.2) is 5.11 Å². The monoisotopic (exact) mass is 1900 g/mol. The molecule has 7 saturated heterocycles. The summed E-state index contributed by atoms with van der Waals surface area (Å²) in [4.78, 5) is 204. The number of thiocarbonyl (C=S) groups is 1. The molecule has 9 aliphatic rings. The number of nitrogens with zero attached hydrogens (tertiary/aromatic N) is 13. The van der Waals surface area contributed by atoms with Crippen molar-refractivity contribution in [2.75, 3.05) is 77.8 Å². The quantitative estimate of drug-likeness (QED) is 0.0370. The van der Waals surface area contributed by atoms with E-state index in [1.165, 1.54) is 72.0 Å². The van der Waals surface area contributed by atoms with Gasteiger partial charge < -0.3 is 51.9 Å². The zero-order valence-corrected chi connectivity index (χ0v) is 74.8. The Labute approximate surface area is 785 Å². The number of halogens is 5. The molecule has 9 fully saturated rings. The maximum absolute atomic E-state index is 13.0. The number of urea groups is 4. The lowest BCUT2D eigenvalue weighted by Gasteiger charge is -2.30. The molecule has 7 N–H and O–H groups in total. The summed E-state index contributed by atoms with van der Waals surface area (Å²) in [5.41, 5.74) is 3.86. The molecule has 132 heavy (non-hydrogen) atoms. The fraction of sp³-hybridized carbons (Fsp3) is 0.239. The molecular weight excluding hydrogens is 1820 g/mol. The van der Waals surface area contributed by atoms with Gasteiger partial charge in [0.05, 0.1) is 53.6 Å². The van der Waals surface area contributed by atoms with Gasteiger partial charge in [0.25, 0.3) is 59.1 Å². The predicted octanol–water partition coefficient (Wildman–Crippen LogP) is 15.9. The van der Waals surface area contributed by atoms with Crippen molar-refractivity contribution in [3.05, 3.63) is 267 Å².